The Kier molecular flexibility index (Phi) is 3.10. The number of nitrogens with zero attached hydrogens (tertiary/aromatic N) is 4. The van der Waals surface area contributed by atoms with E-state index in [0.717, 1.165) is 6.34 Å². The highest BCUT2D eigenvalue weighted by atomic mass is 16.5. The van der Waals surface area contributed by atoms with E-state index in [1.54, 1.807) is 4.90 Å². The monoisotopic (exact) mass is 276 g/mol. The Balaban J connectivity index is 1.90. The Morgan fingerprint density at radius 2 is 2.40 bits per heavy atom. The zero-order valence-corrected chi connectivity index (χ0v) is 10.4. The van der Waals surface area contributed by atoms with Crippen LogP contribution in [0.4, 0.5) is 0 Å². The predicted molar refractivity (Wildman–Crippen MR) is 66.3 cm³/mol. The number of amidine groups is 1. The molecule has 0 aromatic carbocycles. The van der Waals surface area contributed by atoms with Crippen LogP contribution >= 0.6 is 0 Å². The minimum atomic E-state index is -0.795. The molecule has 3 aliphatic heterocycles. The number of aliphatic imine (C=N–C) groups is 2. The van der Waals surface area contributed by atoms with Crippen molar-refractivity contribution >= 4 is 18.1 Å². The van der Waals surface area contributed by atoms with Crippen molar-refractivity contribution in [1.82, 2.24) is 4.90 Å². The van der Waals surface area contributed by atoms with Crippen molar-refractivity contribution in [2.75, 3.05) is 6.61 Å². The highest BCUT2D eigenvalue weighted by molar-refractivity contribution is 6.15. The number of hydrogen-bond donors (Lipinski definition) is 2. The van der Waals surface area contributed by atoms with Crippen LogP contribution in [-0.4, -0.2) is 58.2 Å². The highest BCUT2D eigenvalue weighted by Crippen LogP contribution is 2.33. The molecule has 1 unspecified atom stereocenters. The van der Waals surface area contributed by atoms with E-state index < -0.39 is 30.3 Å². The third-order valence-corrected chi connectivity index (χ3v) is 3.56. The quantitative estimate of drug-likeness (QED) is 0.651. The smallest absolute Gasteiger partial charge is 0.263 e. The van der Waals surface area contributed by atoms with Gasteiger partial charge in [0, 0.05) is 12.6 Å². The Bertz CT molecular complexity index is 576. The topological polar surface area (TPSA) is 119 Å². The molecular formula is C12H12N4O4. The number of ether oxygens (including phenoxy) is 1. The summed E-state index contributed by atoms with van der Waals surface area (Å²) < 4.78 is 5.52. The molecule has 104 valence electrons. The van der Waals surface area contributed by atoms with E-state index >= 15 is 0 Å². The minimum Gasteiger partial charge on any atom is -0.394 e. The van der Waals surface area contributed by atoms with Gasteiger partial charge < -0.3 is 19.8 Å². The van der Waals surface area contributed by atoms with Crippen LogP contribution in [0.1, 0.15) is 6.42 Å². The van der Waals surface area contributed by atoms with Gasteiger partial charge in [0.2, 0.25) is 0 Å². The number of aliphatic hydroxyl groups excluding tert-OH is 2. The van der Waals surface area contributed by atoms with Crippen molar-refractivity contribution in [3.8, 4) is 6.07 Å². The maximum atomic E-state index is 11.8. The lowest BCUT2D eigenvalue weighted by molar-refractivity contribution is -0.118. The molecule has 0 radical (unpaired) electrons. The van der Waals surface area contributed by atoms with Gasteiger partial charge in [0.1, 0.15) is 30.4 Å². The normalized spacial score (nSPS) is 35.6. The van der Waals surface area contributed by atoms with E-state index in [0.29, 0.717) is 5.84 Å². The van der Waals surface area contributed by atoms with Gasteiger partial charge >= 0.3 is 0 Å². The van der Waals surface area contributed by atoms with Crippen molar-refractivity contribution in [2.45, 2.75) is 24.9 Å². The van der Waals surface area contributed by atoms with E-state index in [1.165, 1.54) is 6.20 Å². The van der Waals surface area contributed by atoms with Gasteiger partial charge in [-0.3, -0.25) is 4.79 Å². The molecule has 3 heterocycles. The number of hydrogen-bond acceptors (Lipinski definition) is 7. The lowest BCUT2D eigenvalue weighted by Gasteiger charge is -2.26. The molecule has 0 spiro atoms. The summed E-state index contributed by atoms with van der Waals surface area (Å²) in [5.74, 6) is -0.862. The molecule has 3 aliphatic rings. The summed E-state index contributed by atoms with van der Waals surface area (Å²) in [6.07, 6.45) is 0.867. The van der Waals surface area contributed by atoms with Crippen molar-refractivity contribution in [3.05, 3.63) is 11.8 Å². The molecule has 0 bridgehead atoms. The molecular weight excluding hydrogens is 264 g/mol. The standard InChI is InChI=1S/C12H12N4O4/c13-2-6-3-16(9-1-7(18)8(4-17)20-9)11-10(6)12(19)15-5-14-11/h3,5,7-10,17-18H,1,4H2/t7-,8+,9+,10?/m0/s1. The van der Waals surface area contributed by atoms with Crippen molar-refractivity contribution in [3.63, 3.8) is 0 Å². The van der Waals surface area contributed by atoms with Crippen molar-refractivity contribution in [2.24, 2.45) is 15.9 Å². The van der Waals surface area contributed by atoms with Gasteiger partial charge in [-0.05, 0) is 0 Å². The van der Waals surface area contributed by atoms with Gasteiger partial charge in [-0.2, -0.15) is 5.26 Å². The maximum absolute atomic E-state index is 11.8. The van der Waals surface area contributed by atoms with E-state index in [-0.39, 0.29) is 18.6 Å². The summed E-state index contributed by atoms with van der Waals surface area (Å²) in [6, 6.07) is 1.96. The summed E-state index contributed by atoms with van der Waals surface area (Å²) in [5.41, 5.74) is 0.246. The van der Waals surface area contributed by atoms with Crippen molar-refractivity contribution in [1.29, 1.82) is 5.26 Å². The molecule has 0 aromatic rings. The third kappa shape index (κ3) is 1.84. The van der Waals surface area contributed by atoms with Crippen molar-refractivity contribution < 1.29 is 19.7 Å². The molecule has 1 amide bonds. The number of rotatable bonds is 2. The fourth-order valence-corrected chi connectivity index (χ4v) is 2.56. The first-order valence-electron chi connectivity index (χ1n) is 6.14. The first-order chi connectivity index (χ1) is 9.65. The van der Waals surface area contributed by atoms with Crippen LogP contribution in [0.15, 0.2) is 21.8 Å². The molecule has 8 heteroatoms. The van der Waals surface area contributed by atoms with Crippen LogP contribution in [0.25, 0.3) is 0 Å². The fourth-order valence-electron chi connectivity index (χ4n) is 2.56. The van der Waals surface area contributed by atoms with Crippen LogP contribution in [0.5, 0.6) is 0 Å². The molecule has 3 rings (SSSR count). The first kappa shape index (κ1) is 12.9. The summed E-state index contributed by atoms with van der Waals surface area (Å²) in [5, 5.41) is 28.0. The summed E-state index contributed by atoms with van der Waals surface area (Å²) in [4.78, 5) is 20.9. The fraction of sp³-hybridized carbons (Fsp3) is 0.500. The van der Waals surface area contributed by atoms with Gasteiger partial charge in [0.25, 0.3) is 5.91 Å². The molecule has 4 atom stereocenters. The zero-order chi connectivity index (χ0) is 14.3. The highest BCUT2D eigenvalue weighted by Gasteiger charge is 2.45. The van der Waals surface area contributed by atoms with Gasteiger partial charge in [0.15, 0.2) is 0 Å². The van der Waals surface area contributed by atoms with Gasteiger partial charge in [-0.1, -0.05) is 0 Å². The Morgan fingerprint density at radius 3 is 3.05 bits per heavy atom. The average Bonchev–Trinajstić information content (AvgIpc) is 3.00. The Hall–Kier alpha value is -2.08. The number of fused-ring (bicyclic) bond motifs is 1. The second-order valence-electron chi connectivity index (χ2n) is 4.72. The summed E-state index contributed by atoms with van der Waals surface area (Å²) in [6.45, 7) is -0.295. The molecule has 0 saturated carbocycles. The average molecular weight is 276 g/mol. The number of carbonyl (C=O) groups excluding carboxylic acids is 1. The second kappa shape index (κ2) is 4.79. The lowest BCUT2D eigenvalue weighted by Crippen LogP contribution is -2.39. The lowest BCUT2D eigenvalue weighted by atomic mass is 10.0. The van der Waals surface area contributed by atoms with Crippen LogP contribution in [0, 0.1) is 17.2 Å². The van der Waals surface area contributed by atoms with Crippen LogP contribution in [0.3, 0.4) is 0 Å². The molecule has 0 aromatic heterocycles. The second-order valence-corrected chi connectivity index (χ2v) is 4.72. The van der Waals surface area contributed by atoms with Gasteiger partial charge in [0.05, 0.1) is 24.4 Å². The SMILES string of the molecule is N#CC1=CN([C@H]2C[C@H](O)[C@@H](CO)O2)C2=NC=NC(=O)C12. The summed E-state index contributed by atoms with van der Waals surface area (Å²) >= 11 is 0. The predicted octanol–water partition coefficient (Wildman–Crippen LogP) is -1.24. The van der Waals surface area contributed by atoms with Crippen LogP contribution in [0.2, 0.25) is 0 Å². The Morgan fingerprint density at radius 1 is 1.60 bits per heavy atom. The molecule has 2 N–H and O–H groups in total. The maximum Gasteiger partial charge on any atom is 0.263 e. The van der Waals surface area contributed by atoms with Gasteiger partial charge in [-0.15, -0.1) is 0 Å². The zero-order valence-electron chi connectivity index (χ0n) is 10.4. The van der Waals surface area contributed by atoms with Crippen LogP contribution in [-0.2, 0) is 9.53 Å². The molecule has 1 fully saturated rings. The molecule has 8 nitrogen and oxygen atoms in total. The third-order valence-electron chi connectivity index (χ3n) is 3.56. The van der Waals surface area contributed by atoms with Crippen LogP contribution < -0.4 is 0 Å². The van der Waals surface area contributed by atoms with E-state index in [4.69, 9.17) is 15.1 Å². The molecule has 20 heavy (non-hydrogen) atoms. The number of nitriles is 1. The van der Waals surface area contributed by atoms with E-state index in [9.17, 15) is 9.90 Å². The summed E-state index contributed by atoms with van der Waals surface area (Å²) in [7, 11) is 0. The largest absolute Gasteiger partial charge is 0.394 e. The number of amides is 1. The molecule has 1 saturated heterocycles. The Labute approximate surface area is 114 Å². The van der Waals surface area contributed by atoms with Gasteiger partial charge in [-0.25, -0.2) is 9.98 Å². The minimum absolute atomic E-state index is 0.246. The number of aliphatic hydroxyl groups is 2. The molecule has 0 aliphatic carbocycles. The van der Waals surface area contributed by atoms with E-state index in [1.807, 2.05) is 6.07 Å². The number of carbonyl (C=O) groups is 1. The van der Waals surface area contributed by atoms with E-state index in [2.05, 4.69) is 9.98 Å². The first-order valence-corrected chi connectivity index (χ1v) is 6.14.